The van der Waals surface area contributed by atoms with Gasteiger partial charge in [0, 0.05) is 0 Å². The summed E-state index contributed by atoms with van der Waals surface area (Å²) in [6.07, 6.45) is 0. The van der Waals surface area contributed by atoms with Gasteiger partial charge in [-0.05, 0) is 12.1 Å². The Bertz CT molecular complexity index is 468. The van der Waals surface area contributed by atoms with E-state index >= 15 is 0 Å². The summed E-state index contributed by atoms with van der Waals surface area (Å²) in [5.41, 5.74) is -2.05. The number of hydrogen-bond acceptors (Lipinski definition) is 4. The molecule has 0 radical (unpaired) electrons. The van der Waals surface area contributed by atoms with Crippen molar-refractivity contribution < 1.29 is 37.7 Å². The number of rotatable bonds is 3. The van der Waals surface area contributed by atoms with E-state index in [0.29, 0.717) is 12.1 Å². The van der Waals surface area contributed by atoms with Gasteiger partial charge in [0.05, 0.1) is 5.56 Å². The van der Waals surface area contributed by atoms with Gasteiger partial charge in [-0.15, -0.1) is 0 Å². The van der Waals surface area contributed by atoms with Crippen molar-refractivity contribution in [1.82, 2.24) is 0 Å². The van der Waals surface area contributed by atoms with Gasteiger partial charge in [-0.25, -0.2) is 14.4 Å². The van der Waals surface area contributed by atoms with E-state index in [-0.39, 0.29) is 40.6 Å². The molecule has 0 bridgehead atoms. The zero-order valence-corrected chi connectivity index (χ0v) is 10.6. The molecule has 0 aliphatic rings. The fourth-order valence-corrected chi connectivity index (χ4v) is 1.08. The van der Waals surface area contributed by atoms with Gasteiger partial charge in [0.2, 0.25) is 0 Å². The summed E-state index contributed by atoms with van der Waals surface area (Å²) in [6.45, 7) is 0. The standard InChI is InChI=1S/C9H6O7.Ca.2H/c10-6-4(8(13)14)1-3(7(11)12)2-5(6)9(15)16;;;/h1-2,10H,(H,11,12)(H,13,14)(H,15,16);;;/q;+2;2*-1. The Kier molecular flexibility index (Phi) is 5.40. The molecule has 0 amide bonds. The Morgan fingerprint density at radius 2 is 1.24 bits per heavy atom. The van der Waals surface area contributed by atoms with Crippen molar-refractivity contribution in [1.29, 1.82) is 0 Å². The zero-order chi connectivity index (χ0) is 12.5. The number of carbonyl (C=O) groups is 3. The molecule has 17 heavy (non-hydrogen) atoms. The molecule has 1 aromatic rings. The number of benzene rings is 1. The summed E-state index contributed by atoms with van der Waals surface area (Å²) in [7, 11) is 0. The van der Waals surface area contributed by atoms with E-state index in [2.05, 4.69) is 0 Å². The number of aromatic hydroxyl groups is 1. The van der Waals surface area contributed by atoms with Crippen molar-refractivity contribution in [3.05, 3.63) is 28.8 Å². The van der Waals surface area contributed by atoms with Gasteiger partial charge in [0.1, 0.15) is 16.9 Å². The van der Waals surface area contributed by atoms with Crippen molar-refractivity contribution in [3.63, 3.8) is 0 Å². The van der Waals surface area contributed by atoms with Crippen LogP contribution in [-0.4, -0.2) is 76.1 Å². The van der Waals surface area contributed by atoms with Gasteiger partial charge in [0.25, 0.3) is 0 Å². The van der Waals surface area contributed by atoms with Crippen LogP contribution in [0.4, 0.5) is 0 Å². The third-order valence-corrected chi connectivity index (χ3v) is 1.82. The second-order valence-corrected chi connectivity index (χ2v) is 2.84. The summed E-state index contributed by atoms with van der Waals surface area (Å²) in [6, 6.07) is 1.37. The molecule has 0 unspecified atom stereocenters. The summed E-state index contributed by atoms with van der Waals surface area (Å²) >= 11 is 0. The minimum absolute atomic E-state index is 0. The average molecular weight is 268 g/mol. The first-order valence-corrected chi connectivity index (χ1v) is 3.91. The fraction of sp³-hybridized carbons (Fsp3) is 0. The molecule has 8 heteroatoms. The van der Waals surface area contributed by atoms with Crippen molar-refractivity contribution in [2.75, 3.05) is 0 Å². The van der Waals surface area contributed by atoms with Crippen molar-refractivity contribution in [2.45, 2.75) is 0 Å². The molecule has 0 heterocycles. The summed E-state index contributed by atoms with van der Waals surface area (Å²) in [4.78, 5) is 31.8. The third kappa shape index (κ3) is 3.32. The van der Waals surface area contributed by atoms with E-state index in [4.69, 9.17) is 15.3 Å². The van der Waals surface area contributed by atoms with Crippen LogP contribution in [0.3, 0.4) is 0 Å². The van der Waals surface area contributed by atoms with E-state index < -0.39 is 40.3 Å². The van der Waals surface area contributed by atoms with Crippen LogP contribution in [0.5, 0.6) is 5.75 Å². The van der Waals surface area contributed by atoms with Gasteiger partial charge >= 0.3 is 55.6 Å². The van der Waals surface area contributed by atoms with Gasteiger partial charge in [0.15, 0.2) is 0 Å². The molecule has 88 valence electrons. The molecule has 0 saturated heterocycles. The van der Waals surface area contributed by atoms with Gasteiger partial charge in [-0.3, -0.25) is 0 Å². The second-order valence-electron chi connectivity index (χ2n) is 2.84. The van der Waals surface area contributed by atoms with Crippen LogP contribution in [-0.2, 0) is 0 Å². The minimum Gasteiger partial charge on any atom is -1.00 e. The normalized spacial score (nSPS) is 9.18. The van der Waals surface area contributed by atoms with Crippen LogP contribution in [0.25, 0.3) is 0 Å². The summed E-state index contributed by atoms with van der Waals surface area (Å²) in [5.74, 6) is -5.67. The zero-order valence-electron chi connectivity index (χ0n) is 10.4. The molecular weight excluding hydrogens is 260 g/mol. The van der Waals surface area contributed by atoms with Gasteiger partial charge < -0.3 is 23.3 Å². The Labute approximate surface area is 127 Å². The molecule has 0 spiro atoms. The van der Waals surface area contributed by atoms with E-state index in [1.165, 1.54) is 0 Å². The minimum atomic E-state index is -1.61. The average Bonchev–Trinajstić information content (AvgIpc) is 2.16. The van der Waals surface area contributed by atoms with E-state index in [1.54, 1.807) is 0 Å². The summed E-state index contributed by atoms with van der Waals surface area (Å²) in [5, 5.41) is 35.2. The topological polar surface area (TPSA) is 132 Å². The maximum atomic E-state index is 10.6. The van der Waals surface area contributed by atoms with Crippen LogP contribution < -0.4 is 0 Å². The van der Waals surface area contributed by atoms with Crippen molar-refractivity contribution in [2.24, 2.45) is 0 Å². The van der Waals surface area contributed by atoms with Crippen molar-refractivity contribution in [3.8, 4) is 5.75 Å². The first-order valence-electron chi connectivity index (χ1n) is 3.91. The molecule has 0 saturated carbocycles. The molecule has 0 aliphatic heterocycles. The molecule has 1 rings (SSSR count). The first kappa shape index (κ1) is 15.7. The monoisotopic (exact) mass is 268 g/mol. The fourth-order valence-electron chi connectivity index (χ4n) is 1.08. The maximum Gasteiger partial charge on any atom is 2.00 e. The van der Waals surface area contributed by atoms with Gasteiger partial charge in [-0.2, -0.15) is 0 Å². The number of carboxylic acids is 3. The Hall–Kier alpha value is -1.31. The number of aromatic carboxylic acids is 3. The first-order chi connectivity index (χ1) is 7.34. The maximum absolute atomic E-state index is 10.6. The third-order valence-electron chi connectivity index (χ3n) is 1.82. The van der Waals surface area contributed by atoms with Crippen LogP contribution in [0, 0.1) is 0 Å². The molecule has 0 aromatic heterocycles. The molecule has 0 aliphatic carbocycles. The van der Waals surface area contributed by atoms with E-state index in [0.717, 1.165) is 0 Å². The second kappa shape index (κ2) is 5.85. The quantitative estimate of drug-likeness (QED) is 0.580. The van der Waals surface area contributed by atoms with Crippen molar-refractivity contribution >= 4 is 55.6 Å². The predicted octanol–water partition coefficient (Wildman–Crippen LogP) is 0.331. The molecule has 1 aromatic carbocycles. The predicted molar refractivity (Wildman–Crippen MR) is 57.0 cm³/mol. The van der Waals surface area contributed by atoms with Crippen LogP contribution in [0.2, 0.25) is 0 Å². The summed E-state index contributed by atoms with van der Waals surface area (Å²) < 4.78 is 0. The van der Waals surface area contributed by atoms with Gasteiger partial charge in [-0.1, -0.05) is 0 Å². The molecule has 7 nitrogen and oxygen atoms in total. The molecule has 0 atom stereocenters. The largest absolute Gasteiger partial charge is 2.00 e. The Morgan fingerprint density at radius 3 is 1.47 bits per heavy atom. The molecular formula is C9H8CaO7. The van der Waals surface area contributed by atoms with E-state index in [1.807, 2.05) is 0 Å². The van der Waals surface area contributed by atoms with E-state index in [9.17, 15) is 19.5 Å². The molecule has 4 N–H and O–H groups in total. The Morgan fingerprint density at radius 1 is 0.882 bits per heavy atom. The molecule has 0 fully saturated rings. The number of phenols is 1. The number of carboxylic acid groups (broad SMARTS) is 3. The SMILES string of the molecule is O=C(O)c1cc(C(=O)O)c(O)c(C(=O)O)c1.[Ca+2].[H-].[H-]. The number of hydrogen-bond donors (Lipinski definition) is 4. The Balaban J connectivity index is -0.000000853. The smallest absolute Gasteiger partial charge is 1.00 e. The van der Waals surface area contributed by atoms with Crippen LogP contribution in [0.1, 0.15) is 33.9 Å². The van der Waals surface area contributed by atoms with Crippen LogP contribution in [0.15, 0.2) is 12.1 Å². The van der Waals surface area contributed by atoms with Crippen LogP contribution >= 0.6 is 0 Å².